The largest absolute Gasteiger partial charge is 0.482 e. The Kier molecular flexibility index (Phi) is 2.07. The molecule has 0 N–H and O–H groups in total. The number of hydrogen-bond donors (Lipinski definition) is 0. The van der Waals surface area contributed by atoms with Gasteiger partial charge in [-0.2, -0.15) is 0 Å². The molecule has 1 amide bonds. The van der Waals surface area contributed by atoms with E-state index in [-0.39, 0.29) is 17.5 Å². The van der Waals surface area contributed by atoms with Crippen LogP contribution >= 0.6 is 11.6 Å². The smallest absolute Gasteiger partial charge is 0.264 e. The number of likely N-dealkylation sites (N-methyl/N-ethyl adjacent to an activating group) is 1. The van der Waals surface area contributed by atoms with E-state index in [2.05, 4.69) is 0 Å². The van der Waals surface area contributed by atoms with Gasteiger partial charge >= 0.3 is 0 Å². The monoisotopic (exact) mass is 215 g/mol. The van der Waals surface area contributed by atoms with Crippen LogP contribution in [0.1, 0.15) is 0 Å². The highest BCUT2D eigenvalue weighted by atomic mass is 35.5. The first-order valence-corrected chi connectivity index (χ1v) is 4.36. The van der Waals surface area contributed by atoms with Crippen molar-refractivity contribution < 1.29 is 13.9 Å². The van der Waals surface area contributed by atoms with Crippen molar-refractivity contribution in [1.29, 1.82) is 0 Å². The lowest BCUT2D eigenvalue weighted by Gasteiger charge is -2.25. The summed E-state index contributed by atoms with van der Waals surface area (Å²) in [5, 5.41) is -0.00787. The van der Waals surface area contributed by atoms with Crippen molar-refractivity contribution in [3.05, 3.63) is 23.0 Å². The van der Waals surface area contributed by atoms with Gasteiger partial charge < -0.3 is 9.64 Å². The van der Waals surface area contributed by atoms with Crippen molar-refractivity contribution in [3.8, 4) is 5.75 Å². The van der Waals surface area contributed by atoms with Crippen LogP contribution in [0.5, 0.6) is 5.75 Å². The van der Waals surface area contributed by atoms with Crippen LogP contribution in [-0.2, 0) is 4.79 Å². The molecule has 0 aliphatic carbocycles. The average molecular weight is 216 g/mol. The van der Waals surface area contributed by atoms with E-state index in [1.807, 2.05) is 0 Å². The zero-order valence-corrected chi connectivity index (χ0v) is 8.14. The van der Waals surface area contributed by atoms with E-state index < -0.39 is 5.82 Å². The van der Waals surface area contributed by atoms with Crippen LogP contribution in [0.25, 0.3) is 0 Å². The third-order valence-corrected chi connectivity index (χ3v) is 2.38. The average Bonchev–Trinajstić information content (AvgIpc) is 2.15. The van der Waals surface area contributed by atoms with E-state index in [1.54, 1.807) is 7.05 Å². The molecule has 1 aromatic rings. The molecule has 2 rings (SSSR count). The molecule has 14 heavy (non-hydrogen) atoms. The minimum Gasteiger partial charge on any atom is -0.482 e. The topological polar surface area (TPSA) is 29.5 Å². The van der Waals surface area contributed by atoms with E-state index in [4.69, 9.17) is 16.3 Å². The summed E-state index contributed by atoms with van der Waals surface area (Å²) >= 11 is 5.57. The van der Waals surface area contributed by atoms with Crippen LogP contribution in [-0.4, -0.2) is 19.6 Å². The first kappa shape index (κ1) is 9.27. The third-order valence-electron chi connectivity index (χ3n) is 2.09. The van der Waals surface area contributed by atoms with E-state index in [0.717, 1.165) is 0 Å². The van der Waals surface area contributed by atoms with Gasteiger partial charge in [0.1, 0.15) is 11.6 Å². The van der Waals surface area contributed by atoms with Crippen LogP contribution in [0.4, 0.5) is 10.1 Å². The highest BCUT2D eigenvalue weighted by Crippen LogP contribution is 2.35. The van der Waals surface area contributed by atoms with Crippen LogP contribution in [0.15, 0.2) is 12.1 Å². The van der Waals surface area contributed by atoms with E-state index in [0.29, 0.717) is 11.4 Å². The maximum Gasteiger partial charge on any atom is 0.264 e. The predicted molar refractivity (Wildman–Crippen MR) is 50.3 cm³/mol. The normalized spacial score (nSPS) is 15.1. The van der Waals surface area contributed by atoms with Crippen molar-refractivity contribution in [3.63, 3.8) is 0 Å². The highest BCUT2D eigenvalue weighted by Gasteiger charge is 2.23. The van der Waals surface area contributed by atoms with Crippen molar-refractivity contribution >= 4 is 23.2 Å². The van der Waals surface area contributed by atoms with Crippen molar-refractivity contribution in [1.82, 2.24) is 0 Å². The van der Waals surface area contributed by atoms with Crippen LogP contribution in [0, 0.1) is 5.82 Å². The molecule has 1 aliphatic heterocycles. The summed E-state index contributed by atoms with van der Waals surface area (Å²) in [6, 6.07) is 2.56. The van der Waals surface area contributed by atoms with Crippen molar-refractivity contribution in [2.45, 2.75) is 0 Å². The lowest BCUT2D eigenvalue weighted by molar-refractivity contribution is -0.120. The fourth-order valence-corrected chi connectivity index (χ4v) is 1.42. The SMILES string of the molecule is CN1C(=O)COc2cc(Cl)c(F)cc21. The summed E-state index contributed by atoms with van der Waals surface area (Å²) in [5.74, 6) is -0.340. The molecule has 0 saturated heterocycles. The Morgan fingerprint density at radius 1 is 1.57 bits per heavy atom. The van der Waals surface area contributed by atoms with Gasteiger partial charge in [-0.3, -0.25) is 4.79 Å². The Hall–Kier alpha value is -1.29. The highest BCUT2D eigenvalue weighted by molar-refractivity contribution is 6.31. The van der Waals surface area contributed by atoms with Gasteiger partial charge in [-0.25, -0.2) is 4.39 Å². The molecule has 0 bridgehead atoms. The van der Waals surface area contributed by atoms with Crippen LogP contribution in [0.3, 0.4) is 0 Å². The number of benzene rings is 1. The molecule has 0 aromatic heterocycles. The molecular weight excluding hydrogens is 209 g/mol. The first-order valence-electron chi connectivity index (χ1n) is 3.98. The van der Waals surface area contributed by atoms with Crippen LogP contribution in [0.2, 0.25) is 5.02 Å². The number of ether oxygens (including phenoxy) is 1. The summed E-state index contributed by atoms with van der Waals surface area (Å²) in [6.45, 7) is -0.0362. The molecule has 0 saturated carbocycles. The summed E-state index contributed by atoms with van der Waals surface area (Å²) in [7, 11) is 1.57. The first-order chi connectivity index (χ1) is 6.59. The lowest BCUT2D eigenvalue weighted by atomic mass is 10.2. The molecule has 1 aromatic carbocycles. The quantitative estimate of drug-likeness (QED) is 0.661. The maximum atomic E-state index is 13.1. The predicted octanol–water partition coefficient (Wildman–Crippen LogP) is 1.83. The number of amides is 1. The molecule has 74 valence electrons. The molecule has 5 heteroatoms. The van der Waals surface area contributed by atoms with Gasteiger partial charge in [-0.1, -0.05) is 11.6 Å². The van der Waals surface area contributed by atoms with E-state index >= 15 is 0 Å². The number of fused-ring (bicyclic) bond motifs is 1. The Morgan fingerprint density at radius 2 is 2.29 bits per heavy atom. The number of nitrogens with zero attached hydrogens (tertiary/aromatic N) is 1. The Balaban J connectivity index is 2.55. The fraction of sp³-hybridized carbons (Fsp3) is 0.222. The second-order valence-corrected chi connectivity index (χ2v) is 3.38. The number of rotatable bonds is 0. The number of halogens is 2. The molecule has 0 spiro atoms. The second-order valence-electron chi connectivity index (χ2n) is 2.98. The molecule has 0 radical (unpaired) electrons. The third kappa shape index (κ3) is 1.32. The molecule has 1 aliphatic rings. The second kappa shape index (κ2) is 3.13. The van der Waals surface area contributed by atoms with Crippen molar-refractivity contribution in [2.24, 2.45) is 0 Å². The number of anilines is 1. The zero-order valence-electron chi connectivity index (χ0n) is 7.38. The van der Waals surface area contributed by atoms with E-state index in [1.165, 1.54) is 17.0 Å². The maximum absolute atomic E-state index is 13.1. The van der Waals surface area contributed by atoms with Gasteiger partial charge in [0.05, 0.1) is 10.7 Å². The lowest BCUT2D eigenvalue weighted by Crippen LogP contribution is -2.35. The molecule has 0 atom stereocenters. The van der Waals surface area contributed by atoms with Gasteiger partial charge in [-0.05, 0) is 0 Å². The Labute approximate surface area is 85.0 Å². The Morgan fingerprint density at radius 3 is 3.00 bits per heavy atom. The van der Waals surface area contributed by atoms with Gasteiger partial charge in [0, 0.05) is 19.2 Å². The zero-order chi connectivity index (χ0) is 10.3. The number of hydrogen-bond acceptors (Lipinski definition) is 2. The minimum absolute atomic E-state index is 0.00787. The van der Waals surface area contributed by atoms with E-state index in [9.17, 15) is 9.18 Å². The number of carbonyl (C=O) groups excluding carboxylic acids is 1. The Bertz CT molecular complexity index is 408. The minimum atomic E-state index is -0.560. The molecular formula is C9H7ClFNO2. The molecule has 1 heterocycles. The van der Waals surface area contributed by atoms with Crippen LogP contribution < -0.4 is 9.64 Å². The van der Waals surface area contributed by atoms with Gasteiger partial charge in [0.15, 0.2) is 6.61 Å². The summed E-state index contributed by atoms with van der Waals surface area (Å²) in [6.07, 6.45) is 0. The standard InChI is InChI=1S/C9H7ClFNO2/c1-12-7-3-6(11)5(10)2-8(7)14-4-9(12)13/h2-3H,4H2,1H3. The van der Waals surface area contributed by atoms with Gasteiger partial charge in [-0.15, -0.1) is 0 Å². The fourth-order valence-electron chi connectivity index (χ4n) is 1.27. The van der Waals surface area contributed by atoms with Gasteiger partial charge in [0.2, 0.25) is 0 Å². The molecule has 3 nitrogen and oxygen atoms in total. The summed E-state index contributed by atoms with van der Waals surface area (Å²) in [5.41, 5.74) is 0.406. The summed E-state index contributed by atoms with van der Waals surface area (Å²) in [4.78, 5) is 12.5. The van der Waals surface area contributed by atoms with Crippen molar-refractivity contribution in [2.75, 3.05) is 18.6 Å². The molecule has 0 fully saturated rings. The van der Waals surface area contributed by atoms with Gasteiger partial charge in [0.25, 0.3) is 5.91 Å². The number of carbonyl (C=O) groups is 1. The summed E-state index contributed by atoms with van der Waals surface area (Å²) < 4.78 is 18.2. The molecule has 0 unspecified atom stereocenters.